The molecule has 8 nitrogen and oxygen atoms in total. The van der Waals surface area contributed by atoms with Crippen molar-refractivity contribution in [2.24, 2.45) is 0 Å². The van der Waals surface area contributed by atoms with Gasteiger partial charge in [0.1, 0.15) is 11.5 Å². The summed E-state index contributed by atoms with van der Waals surface area (Å²) in [4.78, 5) is 30.8. The second-order valence-corrected chi connectivity index (χ2v) is 9.81. The van der Waals surface area contributed by atoms with Crippen LogP contribution in [0.2, 0.25) is 0 Å². The van der Waals surface area contributed by atoms with Crippen molar-refractivity contribution < 1.29 is 13.7 Å². The maximum atomic E-state index is 12.7. The Bertz CT molecular complexity index is 961. The van der Waals surface area contributed by atoms with Crippen molar-refractivity contribution in [1.29, 1.82) is 0 Å². The molecular weight excluding hydrogens is 380 g/mol. The van der Waals surface area contributed by atoms with E-state index in [1.54, 1.807) is 6.07 Å². The van der Waals surface area contributed by atoms with E-state index < -0.39 is 15.7 Å². The molecule has 1 aliphatic heterocycles. The number of anilines is 1. The first-order chi connectivity index (χ1) is 13.2. The van der Waals surface area contributed by atoms with Crippen molar-refractivity contribution in [3.8, 4) is 0 Å². The van der Waals surface area contributed by atoms with Gasteiger partial charge in [-0.15, -0.1) is 0 Å². The topological polar surface area (TPSA) is 93.0 Å². The van der Waals surface area contributed by atoms with Crippen LogP contribution in [-0.4, -0.2) is 50.9 Å². The number of ether oxygens (including phenoxy) is 1. The molecule has 1 aliphatic rings. The summed E-state index contributed by atoms with van der Waals surface area (Å²) in [5.41, 5.74) is 1.20. The molecule has 1 saturated heterocycles. The molecule has 3 heterocycles. The van der Waals surface area contributed by atoms with Crippen LogP contribution in [0, 0.1) is 0 Å². The molecule has 9 heteroatoms. The van der Waals surface area contributed by atoms with Crippen LogP contribution >= 0.6 is 0 Å². The fourth-order valence-electron chi connectivity index (χ4n) is 2.98. The van der Waals surface area contributed by atoms with Gasteiger partial charge in [0.2, 0.25) is 0 Å². The molecule has 28 heavy (non-hydrogen) atoms. The lowest BCUT2D eigenvalue weighted by Gasteiger charge is -2.28. The first-order valence-corrected chi connectivity index (χ1v) is 10.4. The van der Waals surface area contributed by atoms with Gasteiger partial charge in [-0.05, 0) is 33.8 Å². The maximum Gasteiger partial charge on any atom is 0.259 e. The second-order valence-electron chi connectivity index (χ2n) is 7.81. The molecule has 3 rings (SSSR count). The highest BCUT2D eigenvalue weighted by atomic mass is 32.2. The van der Waals surface area contributed by atoms with Crippen molar-refractivity contribution >= 4 is 28.7 Å². The van der Waals surface area contributed by atoms with E-state index in [0.717, 1.165) is 0 Å². The number of nitrogens with one attached hydrogen (secondary N) is 1. The van der Waals surface area contributed by atoms with E-state index in [1.807, 2.05) is 32.6 Å². The smallest absolute Gasteiger partial charge is 0.259 e. The predicted molar refractivity (Wildman–Crippen MR) is 109 cm³/mol. The molecule has 0 amide bonds. The standard InChI is InChI=1S/C19H26N4O4S/c1-13(21-28(26)19(2,3)4)15-9-14(12-24)11-23-17(25)10-16(20-18(15)23)22-5-7-27-8-6-22/h9-13,21H,5-8H2,1-4H3. The molecule has 1 N–H and O–H groups in total. The number of pyridine rings is 1. The van der Waals surface area contributed by atoms with Crippen LogP contribution in [0.25, 0.3) is 5.65 Å². The summed E-state index contributed by atoms with van der Waals surface area (Å²) in [6, 6.07) is 2.79. The van der Waals surface area contributed by atoms with Crippen LogP contribution in [0.1, 0.15) is 49.7 Å². The molecule has 0 aliphatic carbocycles. The summed E-state index contributed by atoms with van der Waals surface area (Å²) >= 11 is 0. The highest BCUT2D eigenvalue weighted by Gasteiger charge is 2.24. The summed E-state index contributed by atoms with van der Waals surface area (Å²) in [6.07, 6.45) is 2.18. The van der Waals surface area contributed by atoms with Gasteiger partial charge in [0, 0.05) is 42.5 Å². The lowest BCUT2D eigenvalue weighted by atomic mass is 10.1. The van der Waals surface area contributed by atoms with E-state index >= 15 is 0 Å². The third-order valence-corrected chi connectivity index (χ3v) is 6.25. The number of aromatic nitrogens is 2. The van der Waals surface area contributed by atoms with Crippen molar-refractivity contribution in [3.05, 3.63) is 39.8 Å². The molecule has 0 aromatic carbocycles. The Hall–Kier alpha value is -2.10. The summed E-state index contributed by atoms with van der Waals surface area (Å²) < 4.78 is 21.9. The Morgan fingerprint density at radius 1 is 1.29 bits per heavy atom. The van der Waals surface area contributed by atoms with Gasteiger partial charge in [0.25, 0.3) is 5.56 Å². The third-order valence-electron chi connectivity index (χ3n) is 4.57. The van der Waals surface area contributed by atoms with Crippen LogP contribution in [0.5, 0.6) is 0 Å². The van der Waals surface area contributed by atoms with Crippen molar-refractivity contribution in [3.63, 3.8) is 0 Å². The minimum Gasteiger partial charge on any atom is -0.378 e. The Balaban J connectivity index is 2.11. The fraction of sp³-hybridized carbons (Fsp3) is 0.526. The highest BCUT2D eigenvalue weighted by molar-refractivity contribution is 7.84. The minimum absolute atomic E-state index is 0.263. The zero-order valence-corrected chi connectivity index (χ0v) is 17.4. The van der Waals surface area contributed by atoms with Gasteiger partial charge < -0.3 is 9.64 Å². The zero-order valence-electron chi connectivity index (χ0n) is 16.6. The molecule has 2 unspecified atom stereocenters. The fourth-order valence-corrected chi connectivity index (χ4v) is 3.78. The van der Waals surface area contributed by atoms with E-state index in [-0.39, 0.29) is 11.6 Å². The number of hydrogen-bond donors (Lipinski definition) is 1. The number of nitrogens with zero attached hydrogens (tertiary/aromatic N) is 3. The summed E-state index contributed by atoms with van der Waals surface area (Å²) in [5, 5.41) is 0. The van der Waals surface area contributed by atoms with E-state index in [2.05, 4.69) is 4.72 Å². The van der Waals surface area contributed by atoms with Crippen LogP contribution in [0.3, 0.4) is 0 Å². The molecule has 0 spiro atoms. The summed E-state index contributed by atoms with van der Waals surface area (Å²) in [5.74, 6) is 0.581. The van der Waals surface area contributed by atoms with E-state index in [1.165, 1.54) is 16.7 Å². The van der Waals surface area contributed by atoms with E-state index in [9.17, 15) is 13.8 Å². The number of hydrogen-bond acceptors (Lipinski definition) is 6. The number of carbonyl (C=O) groups excluding carboxylic acids is 1. The molecular formula is C19H26N4O4S. The first kappa shape index (κ1) is 20.6. The molecule has 0 radical (unpaired) electrons. The van der Waals surface area contributed by atoms with Gasteiger partial charge in [0.05, 0.1) is 28.9 Å². The minimum atomic E-state index is -1.31. The lowest BCUT2D eigenvalue weighted by molar-refractivity contribution is 0.112. The van der Waals surface area contributed by atoms with Crippen LogP contribution < -0.4 is 15.2 Å². The molecule has 2 aromatic heterocycles. The van der Waals surface area contributed by atoms with Gasteiger partial charge in [-0.2, -0.15) is 0 Å². The van der Waals surface area contributed by atoms with Crippen LogP contribution in [0.15, 0.2) is 23.1 Å². The average molecular weight is 407 g/mol. The number of aldehydes is 1. The zero-order chi connectivity index (χ0) is 20.5. The van der Waals surface area contributed by atoms with Crippen molar-refractivity contribution in [2.75, 3.05) is 31.2 Å². The number of fused-ring (bicyclic) bond motifs is 1. The van der Waals surface area contributed by atoms with E-state index in [4.69, 9.17) is 9.72 Å². The molecule has 2 atom stereocenters. The Morgan fingerprint density at radius 3 is 2.57 bits per heavy atom. The molecule has 0 bridgehead atoms. The largest absolute Gasteiger partial charge is 0.378 e. The lowest BCUT2D eigenvalue weighted by Crippen LogP contribution is -2.38. The predicted octanol–water partition coefficient (Wildman–Crippen LogP) is 1.46. The molecule has 1 fully saturated rings. The SMILES string of the molecule is CC(NS(=O)C(C)(C)C)c1cc(C=O)cn2c(=O)cc(N3CCOCC3)nc12. The Labute approximate surface area is 166 Å². The van der Waals surface area contributed by atoms with Crippen molar-refractivity contribution in [1.82, 2.24) is 14.1 Å². The quantitative estimate of drug-likeness (QED) is 0.756. The van der Waals surface area contributed by atoms with Crippen LogP contribution in [0.4, 0.5) is 5.82 Å². The number of carbonyl (C=O) groups is 1. The van der Waals surface area contributed by atoms with Crippen molar-refractivity contribution in [2.45, 2.75) is 38.5 Å². The third kappa shape index (κ3) is 4.31. The first-order valence-electron chi connectivity index (χ1n) is 9.24. The van der Waals surface area contributed by atoms with Gasteiger partial charge in [-0.25, -0.2) is 13.9 Å². The Morgan fingerprint density at radius 2 is 1.96 bits per heavy atom. The summed E-state index contributed by atoms with van der Waals surface area (Å²) in [6.45, 7) is 9.97. The van der Waals surface area contributed by atoms with E-state index in [0.29, 0.717) is 55.2 Å². The normalized spacial score (nSPS) is 17.5. The number of rotatable bonds is 5. The number of morpholine rings is 1. The van der Waals surface area contributed by atoms with Gasteiger partial charge >= 0.3 is 0 Å². The van der Waals surface area contributed by atoms with Gasteiger partial charge in [-0.1, -0.05) is 0 Å². The summed E-state index contributed by atoms with van der Waals surface area (Å²) in [7, 11) is -1.31. The highest BCUT2D eigenvalue weighted by Crippen LogP contribution is 2.23. The van der Waals surface area contributed by atoms with Gasteiger partial charge in [-0.3, -0.25) is 14.0 Å². The molecule has 152 valence electrons. The molecule has 2 aromatic rings. The maximum absolute atomic E-state index is 12.7. The second kappa shape index (κ2) is 8.10. The van der Waals surface area contributed by atoms with Crippen LogP contribution in [-0.2, 0) is 15.7 Å². The Kier molecular flexibility index (Phi) is 5.97. The average Bonchev–Trinajstić information content (AvgIpc) is 2.67. The monoisotopic (exact) mass is 406 g/mol. The molecule has 0 saturated carbocycles. The van der Waals surface area contributed by atoms with Gasteiger partial charge in [0.15, 0.2) is 6.29 Å².